The van der Waals surface area contributed by atoms with Gasteiger partial charge >= 0.3 is 0 Å². The van der Waals surface area contributed by atoms with Gasteiger partial charge in [-0.3, -0.25) is 9.80 Å². The van der Waals surface area contributed by atoms with E-state index in [9.17, 15) is 0 Å². The Hall–Kier alpha value is -1.10. The van der Waals surface area contributed by atoms with Crippen molar-refractivity contribution < 1.29 is 4.74 Å². The van der Waals surface area contributed by atoms with Crippen LogP contribution in [-0.2, 0) is 6.54 Å². The summed E-state index contributed by atoms with van der Waals surface area (Å²) >= 11 is 0. The molecule has 1 aromatic carbocycles. The summed E-state index contributed by atoms with van der Waals surface area (Å²) in [6.45, 7) is 11.6. The van der Waals surface area contributed by atoms with Crippen LogP contribution in [-0.4, -0.2) is 55.2 Å². The molecular formula is C17H29N3O. The molecule has 1 heterocycles. The molecule has 1 aliphatic heterocycles. The summed E-state index contributed by atoms with van der Waals surface area (Å²) in [7, 11) is 0. The van der Waals surface area contributed by atoms with Gasteiger partial charge in [-0.1, -0.05) is 19.1 Å². The lowest BCUT2D eigenvalue weighted by atomic mass is 10.2. The lowest BCUT2D eigenvalue weighted by Crippen LogP contribution is -2.50. The van der Waals surface area contributed by atoms with Crippen molar-refractivity contribution in [3.05, 3.63) is 29.8 Å². The van der Waals surface area contributed by atoms with Gasteiger partial charge in [0.2, 0.25) is 0 Å². The van der Waals surface area contributed by atoms with Crippen molar-refractivity contribution in [1.29, 1.82) is 0 Å². The summed E-state index contributed by atoms with van der Waals surface area (Å²) < 4.78 is 5.84. The topological polar surface area (TPSA) is 41.7 Å². The van der Waals surface area contributed by atoms with Crippen molar-refractivity contribution in [2.24, 2.45) is 5.73 Å². The minimum absolute atomic E-state index is 0.564. The number of piperazine rings is 1. The number of nitrogens with zero attached hydrogens (tertiary/aromatic N) is 2. The maximum atomic E-state index is 5.84. The van der Waals surface area contributed by atoms with Gasteiger partial charge in [0.25, 0.3) is 0 Å². The number of hydrogen-bond donors (Lipinski definition) is 1. The third-order valence-electron chi connectivity index (χ3n) is 4.43. The van der Waals surface area contributed by atoms with Gasteiger partial charge in [0.05, 0.1) is 0 Å². The van der Waals surface area contributed by atoms with E-state index in [-0.39, 0.29) is 0 Å². The van der Waals surface area contributed by atoms with Crippen LogP contribution in [0.4, 0.5) is 0 Å². The maximum Gasteiger partial charge on any atom is 0.119 e. The van der Waals surface area contributed by atoms with E-state index in [0.717, 1.165) is 37.6 Å². The summed E-state index contributed by atoms with van der Waals surface area (Å²) in [6.07, 6.45) is 1.24. The first-order valence-corrected chi connectivity index (χ1v) is 8.11. The second-order valence-electron chi connectivity index (χ2n) is 5.83. The van der Waals surface area contributed by atoms with Crippen molar-refractivity contribution in [1.82, 2.24) is 9.80 Å². The van der Waals surface area contributed by atoms with E-state index in [1.807, 2.05) is 24.3 Å². The highest BCUT2D eigenvalue weighted by atomic mass is 16.5. The molecule has 0 spiro atoms. The van der Waals surface area contributed by atoms with Gasteiger partial charge in [0.15, 0.2) is 0 Å². The van der Waals surface area contributed by atoms with Crippen molar-refractivity contribution in [2.75, 3.05) is 39.3 Å². The molecule has 118 valence electrons. The van der Waals surface area contributed by atoms with Gasteiger partial charge in [0, 0.05) is 45.3 Å². The third kappa shape index (κ3) is 4.99. The fourth-order valence-corrected chi connectivity index (χ4v) is 2.74. The quantitative estimate of drug-likeness (QED) is 0.833. The largest absolute Gasteiger partial charge is 0.492 e. The van der Waals surface area contributed by atoms with Crippen LogP contribution in [0.5, 0.6) is 5.75 Å². The van der Waals surface area contributed by atoms with Gasteiger partial charge in [-0.15, -0.1) is 0 Å². The van der Waals surface area contributed by atoms with Crippen molar-refractivity contribution in [3.8, 4) is 5.75 Å². The van der Waals surface area contributed by atoms with Gasteiger partial charge in [-0.05, 0) is 31.0 Å². The molecule has 0 radical (unpaired) electrons. The first-order valence-electron chi connectivity index (χ1n) is 8.11. The summed E-state index contributed by atoms with van der Waals surface area (Å²) in [4.78, 5) is 5.08. The molecular weight excluding hydrogens is 262 g/mol. The van der Waals surface area contributed by atoms with Crippen LogP contribution in [0.2, 0.25) is 0 Å². The molecule has 0 saturated carbocycles. The van der Waals surface area contributed by atoms with Crippen LogP contribution in [0.1, 0.15) is 25.8 Å². The molecule has 2 N–H and O–H groups in total. The Morgan fingerprint density at radius 3 is 2.67 bits per heavy atom. The smallest absolute Gasteiger partial charge is 0.119 e. The Kier molecular flexibility index (Phi) is 6.49. The molecule has 4 heteroatoms. The predicted molar refractivity (Wildman–Crippen MR) is 87.6 cm³/mol. The molecule has 0 amide bonds. The van der Waals surface area contributed by atoms with Gasteiger partial charge in [0.1, 0.15) is 12.4 Å². The van der Waals surface area contributed by atoms with E-state index in [4.69, 9.17) is 10.5 Å². The van der Waals surface area contributed by atoms with Crippen molar-refractivity contribution in [3.63, 3.8) is 0 Å². The Morgan fingerprint density at radius 2 is 2.00 bits per heavy atom. The first kappa shape index (κ1) is 16.3. The highest BCUT2D eigenvalue weighted by molar-refractivity contribution is 5.28. The van der Waals surface area contributed by atoms with Crippen LogP contribution >= 0.6 is 0 Å². The lowest BCUT2D eigenvalue weighted by Gasteiger charge is -2.37. The number of rotatable bonds is 7. The Balaban J connectivity index is 1.68. The zero-order chi connectivity index (χ0) is 15.1. The minimum Gasteiger partial charge on any atom is -0.492 e. The van der Waals surface area contributed by atoms with Crippen LogP contribution in [0.3, 0.4) is 0 Å². The molecule has 1 unspecified atom stereocenters. The average molecular weight is 291 g/mol. The molecule has 1 atom stereocenters. The van der Waals surface area contributed by atoms with E-state index >= 15 is 0 Å². The van der Waals surface area contributed by atoms with Crippen molar-refractivity contribution in [2.45, 2.75) is 32.9 Å². The summed E-state index contributed by atoms with van der Waals surface area (Å²) in [5.41, 5.74) is 6.76. The number of hydrogen-bond acceptors (Lipinski definition) is 4. The highest BCUT2D eigenvalue weighted by Gasteiger charge is 2.19. The first-order chi connectivity index (χ1) is 10.2. The summed E-state index contributed by atoms with van der Waals surface area (Å²) in [6, 6.07) is 8.77. The monoisotopic (exact) mass is 291 g/mol. The zero-order valence-corrected chi connectivity index (χ0v) is 13.4. The Morgan fingerprint density at radius 1 is 1.24 bits per heavy atom. The molecule has 2 rings (SSSR count). The summed E-state index contributed by atoms with van der Waals surface area (Å²) in [5, 5.41) is 0. The molecule has 21 heavy (non-hydrogen) atoms. The zero-order valence-electron chi connectivity index (χ0n) is 13.4. The van der Waals surface area contributed by atoms with E-state index in [1.54, 1.807) is 0 Å². The van der Waals surface area contributed by atoms with Crippen LogP contribution in [0, 0.1) is 0 Å². The standard InChI is InChI=1S/C17H29N3O/c1-3-15(2)20-9-7-19(8-10-20)11-12-21-17-6-4-5-16(13-17)14-18/h4-6,13,15H,3,7-12,14,18H2,1-2H3. The second-order valence-corrected chi connectivity index (χ2v) is 5.83. The fourth-order valence-electron chi connectivity index (χ4n) is 2.74. The number of nitrogens with two attached hydrogens (primary N) is 1. The number of benzene rings is 1. The minimum atomic E-state index is 0.564. The fraction of sp³-hybridized carbons (Fsp3) is 0.647. The van der Waals surface area contributed by atoms with Crippen LogP contribution in [0.25, 0.3) is 0 Å². The average Bonchev–Trinajstić information content (AvgIpc) is 2.55. The molecule has 1 saturated heterocycles. The molecule has 1 fully saturated rings. The molecule has 0 aromatic heterocycles. The molecule has 4 nitrogen and oxygen atoms in total. The maximum absolute atomic E-state index is 5.84. The number of ether oxygens (including phenoxy) is 1. The van der Waals surface area contributed by atoms with Crippen LogP contribution < -0.4 is 10.5 Å². The van der Waals surface area contributed by atoms with E-state index in [2.05, 4.69) is 23.6 Å². The molecule has 0 aliphatic carbocycles. The van der Waals surface area contributed by atoms with Gasteiger partial charge < -0.3 is 10.5 Å². The molecule has 1 aliphatic rings. The summed E-state index contributed by atoms with van der Waals surface area (Å²) in [5.74, 6) is 0.927. The third-order valence-corrected chi connectivity index (χ3v) is 4.43. The van der Waals surface area contributed by atoms with Crippen molar-refractivity contribution >= 4 is 0 Å². The predicted octanol–water partition coefficient (Wildman–Crippen LogP) is 1.94. The van der Waals surface area contributed by atoms with Crippen LogP contribution in [0.15, 0.2) is 24.3 Å². The van der Waals surface area contributed by atoms with E-state index < -0.39 is 0 Å². The lowest BCUT2D eigenvalue weighted by molar-refractivity contribution is 0.0905. The normalized spacial score (nSPS) is 18.6. The van der Waals surface area contributed by atoms with Gasteiger partial charge in [-0.2, -0.15) is 0 Å². The molecule has 0 bridgehead atoms. The Bertz CT molecular complexity index is 416. The second kappa shape index (κ2) is 8.37. The highest BCUT2D eigenvalue weighted by Crippen LogP contribution is 2.13. The Labute approximate surface area is 128 Å². The molecule has 1 aromatic rings. The van der Waals surface area contributed by atoms with Gasteiger partial charge in [-0.25, -0.2) is 0 Å². The van der Waals surface area contributed by atoms with E-state index in [1.165, 1.54) is 19.5 Å². The van der Waals surface area contributed by atoms with E-state index in [0.29, 0.717) is 12.6 Å². The SMILES string of the molecule is CCC(C)N1CCN(CCOc2cccc(CN)c2)CC1.